The highest BCUT2D eigenvalue weighted by Crippen LogP contribution is 2.43. The molecule has 1 unspecified atom stereocenters. The molecule has 7 nitrogen and oxygen atoms in total. The first-order valence-electron chi connectivity index (χ1n) is 10.3. The number of aliphatic hydroxyl groups excluding tert-OH is 1. The summed E-state index contributed by atoms with van der Waals surface area (Å²) in [5.74, 6) is -0.443. The third kappa shape index (κ3) is 4.18. The van der Waals surface area contributed by atoms with Gasteiger partial charge in [0.2, 0.25) is 0 Å². The molecule has 1 N–H and O–H groups in total. The zero-order valence-corrected chi connectivity index (χ0v) is 20.2. The fourth-order valence-electron chi connectivity index (χ4n) is 3.67. The number of aromatic nitrogens is 1. The molecule has 1 aliphatic heterocycles. The zero-order valence-electron chi connectivity index (χ0n) is 18.6. The average molecular weight is 511 g/mol. The molecule has 2 heterocycles. The van der Waals surface area contributed by atoms with Crippen LogP contribution in [0.25, 0.3) is 5.76 Å². The molecule has 8 heteroatoms. The first-order valence-corrected chi connectivity index (χ1v) is 11.1. The van der Waals surface area contributed by atoms with Crippen LogP contribution in [0, 0.1) is 0 Å². The summed E-state index contributed by atoms with van der Waals surface area (Å²) >= 11 is 3.36. The summed E-state index contributed by atoms with van der Waals surface area (Å²) in [6, 6.07) is 14.6. The summed E-state index contributed by atoms with van der Waals surface area (Å²) in [5.41, 5.74) is 0.679. The summed E-state index contributed by atoms with van der Waals surface area (Å²) in [5, 5.41) is 15.2. The van der Waals surface area contributed by atoms with Crippen LogP contribution in [0.15, 0.2) is 69.2 Å². The number of rotatable bonds is 4. The molecule has 1 atom stereocenters. The molecule has 33 heavy (non-hydrogen) atoms. The van der Waals surface area contributed by atoms with E-state index in [4.69, 9.17) is 9.26 Å². The Kier molecular flexibility index (Phi) is 5.88. The summed E-state index contributed by atoms with van der Waals surface area (Å²) in [6.07, 6.45) is 0. The minimum absolute atomic E-state index is 0.0206. The number of hydrogen-bond acceptors (Lipinski definition) is 6. The van der Waals surface area contributed by atoms with Gasteiger partial charge in [-0.3, -0.25) is 14.5 Å². The minimum Gasteiger partial charge on any atom is -0.507 e. The Morgan fingerprint density at radius 1 is 1.09 bits per heavy atom. The molecule has 170 valence electrons. The molecule has 4 rings (SSSR count). The van der Waals surface area contributed by atoms with Gasteiger partial charge in [0.25, 0.3) is 5.78 Å². The predicted molar refractivity (Wildman–Crippen MR) is 127 cm³/mol. The number of ketones is 1. The maximum atomic E-state index is 13.2. The first-order chi connectivity index (χ1) is 15.6. The Balaban J connectivity index is 1.91. The Morgan fingerprint density at radius 2 is 1.73 bits per heavy atom. The van der Waals surface area contributed by atoms with Gasteiger partial charge in [-0.25, -0.2) is 0 Å². The van der Waals surface area contributed by atoms with Gasteiger partial charge in [0.05, 0.1) is 18.7 Å². The van der Waals surface area contributed by atoms with Gasteiger partial charge in [0, 0.05) is 21.5 Å². The molecule has 2 aromatic carbocycles. The summed E-state index contributed by atoms with van der Waals surface area (Å²) in [7, 11) is 1.55. The van der Waals surface area contributed by atoms with Crippen LogP contribution in [0.5, 0.6) is 5.75 Å². The molecule has 0 radical (unpaired) electrons. The number of benzene rings is 2. The van der Waals surface area contributed by atoms with E-state index in [9.17, 15) is 14.7 Å². The van der Waals surface area contributed by atoms with E-state index >= 15 is 0 Å². The second kappa shape index (κ2) is 8.51. The van der Waals surface area contributed by atoms with E-state index < -0.39 is 17.7 Å². The number of anilines is 1. The van der Waals surface area contributed by atoms with Crippen LogP contribution in [0.3, 0.4) is 0 Å². The van der Waals surface area contributed by atoms with Gasteiger partial charge in [0.1, 0.15) is 17.3 Å². The maximum absolute atomic E-state index is 13.2. The van der Waals surface area contributed by atoms with Crippen LogP contribution in [-0.4, -0.2) is 29.1 Å². The standard InChI is InChI=1S/C25H23BrN2O5/c1-25(2,3)18-13-19(27-33-18)28-21(14-7-11-17(32-4)12-8-14)20(23(30)24(28)31)22(29)15-5-9-16(26)10-6-15/h5-13,21,29H,1-4H3/b22-20-. The van der Waals surface area contributed by atoms with Crippen molar-refractivity contribution in [2.24, 2.45) is 0 Å². The highest BCUT2D eigenvalue weighted by molar-refractivity contribution is 9.10. The van der Waals surface area contributed by atoms with Crippen LogP contribution in [-0.2, 0) is 15.0 Å². The third-order valence-corrected chi connectivity index (χ3v) is 6.01. The normalized spacial score (nSPS) is 18.1. The number of methoxy groups -OCH3 is 1. The van der Waals surface area contributed by atoms with Crippen LogP contribution in [0.2, 0.25) is 0 Å². The summed E-state index contributed by atoms with van der Waals surface area (Å²) in [6.45, 7) is 5.87. The minimum atomic E-state index is -0.891. The lowest BCUT2D eigenvalue weighted by Gasteiger charge is -2.23. The van der Waals surface area contributed by atoms with Gasteiger partial charge >= 0.3 is 5.91 Å². The average Bonchev–Trinajstić information content (AvgIpc) is 3.37. The summed E-state index contributed by atoms with van der Waals surface area (Å²) < 4.78 is 11.5. The summed E-state index contributed by atoms with van der Waals surface area (Å²) in [4.78, 5) is 27.6. The topological polar surface area (TPSA) is 92.9 Å². The Morgan fingerprint density at radius 3 is 2.27 bits per heavy atom. The van der Waals surface area contributed by atoms with Crippen molar-refractivity contribution < 1.29 is 24.0 Å². The number of ether oxygens (including phenoxy) is 1. The van der Waals surface area contributed by atoms with Crippen molar-refractivity contribution in [2.45, 2.75) is 32.2 Å². The zero-order chi connectivity index (χ0) is 23.9. The number of nitrogens with zero attached hydrogens (tertiary/aromatic N) is 2. The molecule has 3 aromatic rings. The van der Waals surface area contributed by atoms with Crippen LogP contribution in [0.4, 0.5) is 5.82 Å². The second-order valence-electron chi connectivity index (χ2n) is 8.75. The quantitative estimate of drug-likeness (QED) is 0.288. The lowest BCUT2D eigenvalue weighted by atomic mass is 9.93. The van der Waals surface area contributed by atoms with E-state index in [0.29, 0.717) is 22.6 Å². The molecular formula is C25H23BrN2O5. The van der Waals surface area contributed by atoms with Gasteiger partial charge < -0.3 is 14.4 Å². The molecule has 1 aromatic heterocycles. The number of aliphatic hydroxyl groups is 1. The lowest BCUT2D eigenvalue weighted by Crippen LogP contribution is -2.29. The number of carbonyl (C=O) groups excluding carboxylic acids is 2. The fraction of sp³-hybridized carbons (Fsp3) is 0.240. The second-order valence-corrected chi connectivity index (χ2v) is 9.66. The molecule has 1 aliphatic rings. The Bertz CT molecular complexity index is 1240. The van der Waals surface area contributed by atoms with E-state index in [2.05, 4.69) is 21.1 Å². The number of Topliss-reactive ketones (excluding diaryl/α,β-unsaturated/α-hetero) is 1. The molecule has 0 bridgehead atoms. The monoisotopic (exact) mass is 510 g/mol. The SMILES string of the molecule is COc1ccc(C2/C(=C(/O)c3ccc(Br)cc3)C(=O)C(=O)N2c2cc(C(C)(C)C)on2)cc1. The van der Waals surface area contributed by atoms with E-state index in [1.54, 1.807) is 61.7 Å². The number of halogens is 1. The van der Waals surface area contributed by atoms with Crippen molar-refractivity contribution in [1.29, 1.82) is 0 Å². The first kappa shape index (κ1) is 22.8. The molecular weight excluding hydrogens is 488 g/mol. The smallest absolute Gasteiger partial charge is 0.301 e. The van der Waals surface area contributed by atoms with Crippen molar-refractivity contribution in [3.8, 4) is 5.75 Å². The molecule has 1 amide bonds. The highest BCUT2D eigenvalue weighted by Gasteiger charge is 2.48. The predicted octanol–water partition coefficient (Wildman–Crippen LogP) is 5.37. The molecule has 0 aliphatic carbocycles. The Labute approximate surface area is 199 Å². The Hall–Kier alpha value is -3.39. The lowest BCUT2D eigenvalue weighted by molar-refractivity contribution is -0.132. The molecule has 0 spiro atoms. The van der Waals surface area contributed by atoms with E-state index in [-0.39, 0.29) is 22.6 Å². The van der Waals surface area contributed by atoms with Gasteiger partial charge in [-0.15, -0.1) is 0 Å². The van der Waals surface area contributed by atoms with E-state index in [1.807, 2.05) is 20.8 Å². The maximum Gasteiger partial charge on any atom is 0.301 e. The van der Waals surface area contributed by atoms with E-state index in [1.165, 1.54) is 4.90 Å². The van der Waals surface area contributed by atoms with Gasteiger partial charge in [-0.1, -0.05) is 66.1 Å². The van der Waals surface area contributed by atoms with Crippen molar-refractivity contribution >= 4 is 39.2 Å². The van der Waals surface area contributed by atoms with Crippen LogP contribution >= 0.6 is 15.9 Å². The van der Waals surface area contributed by atoms with Crippen molar-refractivity contribution in [1.82, 2.24) is 5.16 Å². The number of hydrogen-bond donors (Lipinski definition) is 1. The largest absolute Gasteiger partial charge is 0.507 e. The molecule has 1 saturated heterocycles. The highest BCUT2D eigenvalue weighted by atomic mass is 79.9. The van der Waals surface area contributed by atoms with Gasteiger partial charge in [0.15, 0.2) is 5.82 Å². The van der Waals surface area contributed by atoms with Gasteiger partial charge in [-0.2, -0.15) is 0 Å². The van der Waals surface area contributed by atoms with Gasteiger partial charge in [-0.05, 0) is 29.8 Å². The third-order valence-electron chi connectivity index (χ3n) is 5.48. The fourth-order valence-corrected chi connectivity index (χ4v) is 3.93. The molecule has 0 saturated carbocycles. The molecule has 1 fully saturated rings. The van der Waals surface area contributed by atoms with Crippen molar-refractivity contribution in [3.63, 3.8) is 0 Å². The van der Waals surface area contributed by atoms with Crippen LogP contribution < -0.4 is 9.64 Å². The number of amides is 1. The number of carbonyl (C=O) groups is 2. The van der Waals surface area contributed by atoms with E-state index in [0.717, 1.165) is 4.47 Å². The van der Waals surface area contributed by atoms with Crippen molar-refractivity contribution in [2.75, 3.05) is 12.0 Å². The van der Waals surface area contributed by atoms with Crippen LogP contribution in [0.1, 0.15) is 43.7 Å². The van der Waals surface area contributed by atoms with Crippen molar-refractivity contribution in [3.05, 3.63) is 81.5 Å².